The molecule has 1 aliphatic carbocycles. The highest BCUT2D eigenvalue weighted by Gasteiger charge is 2.54. The van der Waals surface area contributed by atoms with Crippen molar-refractivity contribution in [2.45, 2.75) is 19.4 Å². The molecule has 0 bridgehead atoms. The zero-order valence-electron chi connectivity index (χ0n) is 12.9. The average Bonchev–Trinajstić information content (AvgIpc) is 2.99. The number of nitrogens with one attached hydrogen (secondary N) is 1. The Hall–Kier alpha value is -1.65. The number of aromatic nitrogens is 1. The molecule has 5 heteroatoms. The van der Waals surface area contributed by atoms with E-state index in [-0.39, 0.29) is 12.4 Å². The van der Waals surface area contributed by atoms with Gasteiger partial charge < -0.3 is 10.1 Å². The molecule has 1 aliphatic heterocycles. The van der Waals surface area contributed by atoms with Gasteiger partial charge in [-0.15, -0.1) is 0 Å². The van der Waals surface area contributed by atoms with E-state index in [1.807, 2.05) is 12.1 Å². The topological polar surface area (TPSA) is 34.1 Å². The molecule has 2 heterocycles. The van der Waals surface area contributed by atoms with E-state index in [2.05, 4.69) is 17.2 Å². The van der Waals surface area contributed by atoms with E-state index in [1.165, 1.54) is 11.6 Å². The molecule has 2 atom stereocenters. The molecule has 1 N–H and O–H groups in total. The van der Waals surface area contributed by atoms with Gasteiger partial charge >= 0.3 is 0 Å². The maximum absolute atomic E-state index is 13.8. The summed E-state index contributed by atoms with van der Waals surface area (Å²) in [4.78, 5) is 4.68. The monoisotopic (exact) mass is 332 g/mol. The number of nitrogens with zero attached hydrogens (tertiary/aromatic N) is 1. The van der Waals surface area contributed by atoms with Gasteiger partial charge in [-0.1, -0.05) is 23.7 Å². The number of benzene rings is 1. The Morgan fingerprint density at radius 3 is 2.78 bits per heavy atom. The predicted octanol–water partition coefficient (Wildman–Crippen LogP) is 3.69. The first-order chi connectivity index (χ1) is 11.1. The van der Waals surface area contributed by atoms with Crippen LogP contribution in [0.2, 0.25) is 5.02 Å². The molecular formula is C18H18ClFN2O. The fraction of sp³-hybridized carbons (Fsp3) is 0.389. The minimum absolute atomic E-state index is 0.150. The number of ether oxygens (including phenoxy) is 1. The van der Waals surface area contributed by atoms with Gasteiger partial charge in [0.2, 0.25) is 5.88 Å². The lowest BCUT2D eigenvalue weighted by molar-refractivity contribution is 0.287. The van der Waals surface area contributed by atoms with E-state index in [1.54, 1.807) is 12.1 Å². The molecule has 0 radical (unpaired) electrons. The molecule has 2 unspecified atom stereocenters. The summed E-state index contributed by atoms with van der Waals surface area (Å²) < 4.78 is 19.5. The Bertz CT molecular complexity index is 742. The quantitative estimate of drug-likeness (QED) is 0.927. The molecule has 2 aliphatic rings. The second-order valence-corrected chi connectivity index (χ2v) is 6.82. The number of pyridine rings is 1. The van der Waals surface area contributed by atoms with E-state index >= 15 is 0 Å². The van der Waals surface area contributed by atoms with Crippen molar-refractivity contribution < 1.29 is 9.13 Å². The first-order valence-electron chi connectivity index (χ1n) is 7.88. The number of piperidine rings is 1. The van der Waals surface area contributed by atoms with Gasteiger partial charge in [0.05, 0.1) is 5.69 Å². The maximum Gasteiger partial charge on any atom is 0.213 e. The molecule has 1 aromatic carbocycles. The van der Waals surface area contributed by atoms with Crippen LogP contribution >= 0.6 is 11.6 Å². The van der Waals surface area contributed by atoms with Crippen LogP contribution in [0.3, 0.4) is 0 Å². The molecule has 4 rings (SSSR count). The first-order valence-corrected chi connectivity index (χ1v) is 8.26. The maximum atomic E-state index is 13.8. The minimum atomic E-state index is -0.354. The number of hydrogen-bond donors (Lipinski definition) is 1. The van der Waals surface area contributed by atoms with Gasteiger partial charge in [-0.25, -0.2) is 9.37 Å². The Labute approximate surface area is 139 Å². The Kier molecular flexibility index (Phi) is 3.74. The van der Waals surface area contributed by atoms with Gasteiger partial charge in [-0.3, -0.25) is 0 Å². The molecule has 120 valence electrons. The number of aryl methyl sites for hydroxylation is 1. The third-order valence-electron chi connectivity index (χ3n) is 4.91. The average molecular weight is 333 g/mol. The molecule has 0 spiro atoms. The smallest absolute Gasteiger partial charge is 0.213 e. The summed E-state index contributed by atoms with van der Waals surface area (Å²) in [6.07, 6.45) is 0. The molecule has 1 saturated carbocycles. The summed E-state index contributed by atoms with van der Waals surface area (Å²) in [6, 6.07) is 8.49. The fourth-order valence-corrected chi connectivity index (χ4v) is 3.72. The lowest BCUT2D eigenvalue weighted by Gasteiger charge is -2.11. The molecular weight excluding hydrogens is 315 g/mol. The van der Waals surface area contributed by atoms with Crippen LogP contribution in [-0.2, 0) is 6.61 Å². The number of fused-ring (bicyclic) bond motifs is 1. The van der Waals surface area contributed by atoms with Crippen molar-refractivity contribution in [1.82, 2.24) is 10.3 Å². The minimum Gasteiger partial charge on any atom is -0.473 e. The van der Waals surface area contributed by atoms with Crippen molar-refractivity contribution in [2.24, 2.45) is 11.8 Å². The van der Waals surface area contributed by atoms with Crippen LogP contribution < -0.4 is 10.1 Å². The largest absolute Gasteiger partial charge is 0.473 e. The van der Waals surface area contributed by atoms with Gasteiger partial charge in [-0.05, 0) is 49.5 Å². The molecule has 23 heavy (non-hydrogen) atoms. The van der Waals surface area contributed by atoms with E-state index in [9.17, 15) is 4.39 Å². The Morgan fingerprint density at radius 1 is 1.26 bits per heavy atom. The predicted molar refractivity (Wildman–Crippen MR) is 87.3 cm³/mol. The van der Waals surface area contributed by atoms with Crippen molar-refractivity contribution in [3.05, 3.63) is 58.0 Å². The third-order valence-corrected chi connectivity index (χ3v) is 5.14. The highest BCUT2D eigenvalue weighted by molar-refractivity contribution is 6.30. The van der Waals surface area contributed by atoms with Gasteiger partial charge in [-0.2, -0.15) is 0 Å². The van der Waals surface area contributed by atoms with Crippen LogP contribution in [0, 0.1) is 24.6 Å². The van der Waals surface area contributed by atoms with Crippen LogP contribution in [0.25, 0.3) is 0 Å². The third kappa shape index (κ3) is 2.81. The SMILES string of the molecule is Cc1ccc(OCc2ccc(Cl)cc2F)nc1C1C2CNCC21. The molecule has 1 aromatic heterocycles. The van der Waals surface area contributed by atoms with E-state index in [0.717, 1.165) is 18.8 Å². The van der Waals surface area contributed by atoms with Crippen molar-refractivity contribution in [3.8, 4) is 5.88 Å². The summed E-state index contributed by atoms with van der Waals surface area (Å²) in [5.74, 6) is 2.17. The van der Waals surface area contributed by atoms with Crippen LogP contribution in [-0.4, -0.2) is 18.1 Å². The standard InChI is InChI=1S/C18H18ClFN2O/c1-10-2-5-16(22-18(10)17-13-7-21-8-14(13)17)23-9-11-3-4-12(19)6-15(11)20/h2-6,13-14,17,21H,7-9H2,1H3. The van der Waals surface area contributed by atoms with Gasteiger partial charge in [0.1, 0.15) is 12.4 Å². The molecule has 0 amide bonds. The lowest BCUT2D eigenvalue weighted by atomic mass is 10.1. The van der Waals surface area contributed by atoms with Gasteiger partial charge in [0.25, 0.3) is 0 Å². The van der Waals surface area contributed by atoms with Gasteiger partial charge in [0.15, 0.2) is 0 Å². The zero-order chi connectivity index (χ0) is 16.0. The molecule has 3 nitrogen and oxygen atoms in total. The van der Waals surface area contributed by atoms with E-state index < -0.39 is 0 Å². The fourth-order valence-electron chi connectivity index (χ4n) is 3.56. The van der Waals surface area contributed by atoms with Crippen molar-refractivity contribution in [1.29, 1.82) is 0 Å². The summed E-state index contributed by atoms with van der Waals surface area (Å²) in [7, 11) is 0. The van der Waals surface area contributed by atoms with Crippen molar-refractivity contribution >= 4 is 11.6 Å². The zero-order valence-corrected chi connectivity index (χ0v) is 13.6. The number of rotatable bonds is 4. The second kappa shape index (κ2) is 5.77. The Balaban J connectivity index is 1.49. The highest BCUT2D eigenvalue weighted by Crippen LogP contribution is 2.56. The second-order valence-electron chi connectivity index (χ2n) is 6.39. The summed E-state index contributed by atoms with van der Waals surface area (Å²) in [6.45, 7) is 4.40. The molecule has 1 saturated heterocycles. The summed E-state index contributed by atoms with van der Waals surface area (Å²) >= 11 is 5.76. The summed E-state index contributed by atoms with van der Waals surface area (Å²) in [5, 5.41) is 3.79. The van der Waals surface area contributed by atoms with E-state index in [4.69, 9.17) is 16.3 Å². The van der Waals surface area contributed by atoms with Gasteiger partial charge in [0, 0.05) is 22.6 Å². The molecule has 2 aromatic rings. The highest BCUT2D eigenvalue weighted by atomic mass is 35.5. The van der Waals surface area contributed by atoms with Crippen LogP contribution in [0.5, 0.6) is 5.88 Å². The Morgan fingerprint density at radius 2 is 2.04 bits per heavy atom. The van der Waals surface area contributed by atoms with Crippen LogP contribution in [0.4, 0.5) is 4.39 Å². The normalized spacial score (nSPS) is 25.3. The number of hydrogen-bond acceptors (Lipinski definition) is 3. The summed E-state index contributed by atoms with van der Waals surface area (Å²) in [5.41, 5.74) is 2.82. The van der Waals surface area contributed by atoms with Crippen molar-refractivity contribution in [3.63, 3.8) is 0 Å². The van der Waals surface area contributed by atoms with Crippen molar-refractivity contribution in [2.75, 3.05) is 13.1 Å². The van der Waals surface area contributed by atoms with E-state index in [0.29, 0.717) is 34.2 Å². The number of halogens is 2. The molecule has 2 fully saturated rings. The first kappa shape index (κ1) is 14.9. The lowest BCUT2D eigenvalue weighted by Crippen LogP contribution is -2.15. The van der Waals surface area contributed by atoms with Crippen LogP contribution in [0.1, 0.15) is 22.7 Å². The van der Waals surface area contributed by atoms with Crippen LogP contribution in [0.15, 0.2) is 30.3 Å².